The van der Waals surface area contributed by atoms with Gasteiger partial charge in [-0.15, -0.1) is 0 Å². The molecule has 0 aliphatic rings. The minimum absolute atomic E-state index is 0.0515. The molecule has 1 atom stereocenters. The van der Waals surface area contributed by atoms with E-state index in [1.54, 1.807) is 6.07 Å². The quantitative estimate of drug-likeness (QED) is 0.801. The van der Waals surface area contributed by atoms with Crippen molar-refractivity contribution in [3.05, 3.63) is 35.4 Å². The Balaban J connectivity index is 2.78. The summed E-state index contributed by atoms with van der Waals surface area (Å²) in [4.78, 5) is 10.4. The standard InChI is InChI=1S/C10H11F2NO2/c11-9(12)7-3-1-2-6(4-7)5-8(13)10(14)15/h1-4,8-9H,5,13H2,(H,14,15). The molecule has 0 spiro atoms. The van der Waals surface area contributed by atoms with Crippen molar-refractivity contribution in [1.82, 2.24) is 0 Å². The van der Waals surface area contributed by atoms with Gasteiger partial charge in [-0.2, -0.15) is 0 Å². The van der Waals surface area contributed by atoms with E-state index >= 15 is 0 Å². The van der Waals surface area contributed by atoms with Crippen molar-refractivity contribution in [2.75, 3.05) is 0 Å². The molecule has 0 saturated carbocycles. The van der Waals surface area contributed by atoms with Crippen LogP contribution >= 0.6 is 0 Å². The van der Waals surface area contributed by atoms with E-state index in [9.17, 15) is 13.6 Å². The number of alkyl halides is 2. The molecule has 0 bridgehead atoms. The molecular formula is C10H11F2NO2. The third-order valence-electron chi connectivity index (χ3n) is 1.98. The normalized spacial score (nSPS) is 12.8. The van der Waals surface area contributed by atoms with Gasteiger partial charge in [-0.05, 0) is 12.0 Å². The Hall–Kier alpha value is -1.49. The van der Waals surface area contributed by atoms with Gasteiger partial charge in [0.1, 0.15) is 6.04 Å². The molecule has 1 aromatic carbocycles. The van der Waals surface area contributed by atoms with Crippen molar-refractivity contribution in [2.45, 2.75) is 18.9 Å². The summed E-state index contributed by atoms with van der Waals surface area (Å²) in [7, 11) is 0. The molecule has 82 valence electrons. The molecule has 1 unspecified atom stereocenters. The van der Waals surface area contributed by atoms with E-state index in [1.165, 1.54) is 18.2 Å². The van der Waals surface area contributed by atoms with Crippen LogP contribution in [-0.2, 0) is 11.2 Å². The minimum atomic E-state index is -2.55. The van der Waals surface area contributed by atoms with E-state index in [1.807, 2.05) is 0 Å². The second kappa shape index (κ2) is 4.84. The molecule has 0 saturated heterocycles. The number of carboxylic acids is 1. The van der Waals surface area contributed by atoms with Crippen LogP contribution in [0.4, 0.5) is 8.78 Å². The first kappa shape index (κ1) is 11.6. The lowest BCUT2D eigenvalue weighted by Gasteiger charge is -2.07. The number of hydrogen-bond acceptors (Lipinski definition) is 2. The lowest BCUT2D eigenvalue weighted by Crippen LogP contribution is -2.32. The van der Waals surface area contributed by atoms with Gasteiger partial charge in [0.15, 0.2) is 0 Å². The monoisotopic (exact) mass is 215 g/mol. The SMILES string of the molecule is NC(Cc1cccc(C(F)F)c1)C(=O)O. The molecule has 0 radical (unpaired) electrons. The first-order valence-electron chi connectivity index (χ1n) is 4.36. The Bertz CT molecular complexity index is 355. The molecule has 5 heteroatoms. The number of benzene rings is 1. The van der Waals surface area contributed by atoms with Crippen molar-refractivity contribution in [3.63, 3.8) is 0 Å². The molecule has 0 fully saturated rings. The topological polar surface area (TPSA) is 63.3 Å². The van der Waals surface area contributed by atoms with Crippen molar-refractivity contribution < 1.29 is 18.7 Å². The fourth-order valence-corrected chi connectivity index (χ4v) is 1.20. The fraction of sp³-hybridized carbons (Fsp3) is 0.300. The summed E-state index contributed by atoms with van der Waals surface area (Å²) in [6, 6.07) is 4.55. The van der Waals surface area contributed by atoms with E-state index in [4.69, 9.17) is 10.8 Å². The average Bonchev–Trinajstić information content (AvgIpc) is 2.18. The van der Waals surface area contributed by atoms with Gasteiger partial charge in [0.2, 0.25) is 0 Å². The molecular weight excluding hydrogens is 204 g/mol. The second-order valence-corrected chi connectivity index (χ2v) is 3.19. The second-order valence-electron chi connectivity index (χ2n) is 3.19. The van der Waals surface area contributed by atoms with Crippen molar-refractivity contribution in [2.24, 2.45) is 5.73 Å². The summed E-state index contributed by atoms with van der Waals surface area (Å²) in [5.41, 5.74) is 5.67. The molecule has 0 aliphatic carbocycles. The fourth-order valence-electron chi connectivity index (χ4n) is 1.20. The molecule has 1 aromatic rings. The predicted octanol–water partition coefficient (Wildman–Crippen LogP) is 1.58. The zero-order chi connectivity index (χ0) is 11.4. The van der Waals surface area contributed by atoms with Gasteiger partial charge in [0.25, 0.3) is 6.43 Å². The summed E-state index contributed by atoms with van der Waals surface area (Å²) in [5, 5.41) is 8.55. The Labute approximate surface area is 85.5 Å². The van der Waals surface area contributed by atoms with Gasteiger partial charge in [-0.25, -0.2) is 8.78 Å². The van der Waals surface area contributed by atoms with Crippen molar-refractivity contribution in [1.29, 1.82) is 0 Å². The third kappa shape index (κ3) is 3.28. The van der Waals surface area contributed by atoms with Crippen LogP contribution in [0.1, 0.15) is 17.6 Å². The number of carboxylic acid groups (broad SMARTS) is 1. The van der Waals surface area contributed by atoms with Gasteiger partial charge in [0.05, 0.1) is 0 Å². The van der Waals surface area contributed by atoms with Gasteiger partial charge >= 0.3 is 5.97 Å². The van der Waals surface area contributed by atoms with E-state index in [-0.39, 0.29) is 12.0 Å². The Morgan fingerprint density at radius 3 is 2.67 bits per heavy atom. The number of nitrogens with two attached hydrogens (primary N) is 1. The third-order valence-corrected chi connectivity index (χ3v) is 1.98. The van der Waals surface area contributed by atoms with E-state index < -0.39 is 18.4 Å². The zero-order valence-corrected chi connectivity index (χ0v) is 7.86. The highest BCUT2D eigenvalue weighted by molar-refractivity contribution is 5.73. The minimum Gasteiger partial charge on any atom is -0.480 e. The highest BCUT2D eigenvalue weighted by Crippen LogP contribution is 2.19. The van der Waals surface area contributed by atoms with Gasteiger partial charge < -0.3 is 10.8 Å². The van der Waals surface area contributed by atoms with E-state index in [2.05, 4.69) is 0 Å². The number of carbonyl (C=O) groups is 1. The highest BCUT2D eigenvalue weighted by Gasteiger charge is 2.13. The molecule has 1 rings (SSSR count). The van der Waals surface area contributed by atoms with Gasteiger partial charge in [-0.3, -0.25) is 4.79 Å². The molecule has 0 aliphatic heterocycles. The molecule has 15 heavy (non-hydrogen) atoms. The van der Waals surface area contributed by atoms with E-state index in [0.717, 1.165) is 0 Å². The average molecular weight is 215 g/mol. The smallest absolute Gasteiger partial charge is 0.320 e. The summed E-state index contributed by atoms with van der Waals surface area (Å²) in [6.45, 7) is 0. The maximum Gasteiger partial charge on any atom is 0.320 e. The predicted molar refractivity (Wildman–Crippen MR) is 50.7 cm³/mol. The first-order valence-corrected chi connectivity index (χ1v) is 4.36. The lowest BCUT2D eigenvalue weighted by atomic mass is 10.0. The molecule has 0 amide bonds. The number of hydrogen-bond donors (Lipinski definition) is 2. The van der Waals surface area contributed by atoms with Crippen LogP contribution in [0.2, 0.25) is 0 Å². The van der Waals surface area contributed by atoms with Gasteiger partial charge in [-0.1, -0.05) is 24.3 Å². The number of halogens is 2. The Morgan fingerprint density at radius 1 is 1.47 bits per heavy atom. The molecule has 3 N–H and O–H groups in total. The Morgan fingerprint density at radius 2 is 2.13 bits per heavy atom. The van der Waals surface area contributed by atoms with Crippen LogP contribution in [-0.4, -0.2) is 17.1 Å². The van der Waals surface area contributed by atoms with Crippen LogP contribution in [0, 0.1) is 0 Å². The van der Waals surface area contributed by atoms with Crippen LogP contribution in [0.15, 0.2) is 24.3 Å². The maximum absolute atomic E-state index is 12.3. The van der Waals surface area contributed by atoms with Crippen LogP contribution in [0.25, 0.3) is 0 Å². The zero-order valence-electron chi connectivity index (χ0n) is 7.86. The van der Waals surface area contributed by atoms with Crippen LogP contribution in [0.5, 0.6) is 0 Å². The molecule has 3 nitrogen and oxygen atoms in total. The lowest BCUT2D eigenvalue weighted by molar-refractivity contribution is -0.138. The first-order chi connectivity index (χ1) is 7.00. The van der Waals surface area contributed by atoms with Gasteiger partial charge in [0, 0.05) is 5.56 Å². The van der Waals surface area contributed by atoms with Crippen molar-refractivity contribution >= 4 is 5.97 Å². The molecule has 0 aromatic heterocycles. The van der Waals surface area contributed by atoms with Crippen LogP contribution < -0.4 is 5.73 Å². The Kier molecular flexibility index (Phi) is 3.74. The summed E-state index contributed by atoms with van der Waals surface area (Å²) < 4.78 is 24.6. The maximum atomic E-state index is 12.3. The highest BCUT2D eigenvalue weighted by atomic mass is 19.3. The molecule has 0 heterocycles. The summed E-state index contributed by atoms with van der Waals surface area (Å²) in [5.74, 6) is -1.14. The van der Waals surface area contributed by atoms with Crippen molar-refractivity contribution in [3.8, 4) is 0 Å². The van der Waals surface area contributed by atoms with Crippen LogP contribution in [0.3, 0.4) is 0 Å². The summed E-state index contributed by atoms with van der Waals surface area (Å²) in [6.07, 6.45) is -2.50. The summed E-state index contributed by atoms with van der Waals surface area (Å²) >= 11 is 0. The van der Waals surface area contributed by atoms with E-state index in [0.29, 0.717) is 5.56 Å². The number of aliphatic carboxylic acids is 1. The number of rotatable bonds is 4. The largest absolute Gasteiger partial charge is 0.480 e.